The molecule has 0 bridgehead atoms. The molecule has 4 heteroatoms. The fourth-order valence-electron chi connectivity index (χ4n) is 1.81. The first kappa shape index (κ1) is 14.5. The zero-order valence-electron chi connectivity index (χ0n) is 11.3. The van der Waals surface area contributed by atoms with Crippen molar-refractivity contribution in [1.29, 1.82) is 0 Å². The van der Waals surface area contributed by atoms with Gasteiger partial charge < -0.3 is 10.4 Å². The summed E-state index contributed by atoms with van der Waals surface area (Å²) in [7, 11) is 0. The minimum atomic E-state index is -0.0609. The van der Waals surface area contributed by atoms with Gasteiger partial charge in [0.25, 0.3) is 0 Å². The Morgan fingerprint density at radius 1 is 1.20 bits per heavy atom. The van der Waals surface area contributed by atoms with E-state index in [0.717, 1.165) is 5.75 Å². The number of aryl methyl sites for hydroxylation is 1. The Hall–Kier alpha value is -1.94. The Balaban J connectivity index is 1.80. The third kappa shape index (κ3) is 4.31. The van der Waals surface area contributed by atoms with Crippen molar-refractivity contribution < 1.29 is 9.90 Å². The molecule has 0 fully saturated rings. The van der Waals surface area contributed by atoms with Crippen LogP contribution in [0, 0.1) is 6.92 Å². The van der Waals surface area contributed by atoms with Crippen LogP contribution in [0.1, 0.15) is 11.1 Å². The molecule has 2 N–H and O–H groups in total. The second-order valence-electron chi connectivity index (χ2n) is 4.52. The molecule has 0 spiro atoms. The van der Waals surface area contributed by atoms with Crippen LogP contribution in [-0.2, 0) is 10.5 Å². The molecule has 2 aromatic rings. The van der Waals surface area contributed by atoms with Crippen LogP contribution in [0.4, 0.5) is 5.69 Å². The molecule has 0 heterocycles. The monoisotopic (exact) mass is 287 g/mol. The van der Waals surface area contributed by atoms with Crippen LogP contribution >= 0.6 is 11.8 Å². The number of carbonyl (C=O) groups is 1. The zero-order chi connectivity index (χ0) is 14.4. The molecule has 3 nitrogen and oxygen atoms in total. The average molecular weight is 287 g/mol. The van der Waals surface area contributed by atoms with Gasteiger partial charge in [-0.1, -0.05) is 30.3 Å². The normalized spacial score (nSPS) is 10.2. The van der Waals surface area contributed by atoms with Crippen molar-refractivity contribution in [3.63, 3.8) is 0 Å². The van der Waals surface area contributed by atoms with Crippen molar-refractivity contribution in [3.05, 3.63) is 59.7 Å². The number of hydrogen-bond acceptors (Lipinski definition) is 3. The number of amides is 1. The van der Waals surface area contributed by atoms with E-state index in [1.807, 2.05) is 12.1 Å². The smallest absolute Gasteiger partial charge is 0.234 e. The number of carbonyl (C=O) groups excluding carboxylic acids is 1. The Kier molecular flexibility index (Phi) is 5.07. The highest BCUT2D eigenvalue weighted by Crippen LogP contribution is 2.18. The minimum absolute atomic E-state index is 0.0609. The highest BCUT2D eigenvalue weighted by molar-refractivity contribution is 7.99. The second kappa shape index (κ2) is 7.01. The molecule has 0 radical (unpaired) electrons. The lowest BCUT2D eigenvalue weighted by atomic mass is 10.1. The fourth-order valence-corrected chi connectivity index (χ4v) is 2.71. The van der Waals surface area contributed by atoms with Gasteiger partial charge in [0.1, 0.15) is 5.75 Å². The van der Waals surface area contributed by atoms with E-state index in [9.17, 15) is 9.90 Å². The van der Waals surface area contributed by atoms with E-state index >= 15 is 0 Å². The van der Waals surface area contributed by atoms with Gasteiger partial charge in [0.05, 0.1) is 5.75 Å². The maximum Gasteiger partial charge on any atom is 0.234 e. The predicted molar refractivity (Wildman–Crippen MR) is 84.1 cm³/mol. The summed E-state index contributed by atoms with van der Waals surface area (Å²) in [6, 6.07) is 14.7. The molecule has 20 heavy (non-hydrogen) atoms. The largest absolute Gasteiger partial charge is 0.508 e. The lowest BCUT2D eigenvalue weighted by Crippen LogP contribution is -2.14. The van der Waals surface area contributed by atoms with Crippen molar-refractivity contribution in [1.82, 2.24) is 0 Å². The second-order valence-corrected chi connectivity index (χ2v) is 5.50. The molecule has 0 aliphatic heterocycles. The van der Waals surface area contributed by atoms with Crippen molar-refractivity contribution in [3.8, 4) is 5.75 Å². The van der Waals surface area contributed by atoms with Gasteiger partial charge in [-0.3, -0.25) is 4.79 Å². The number of phenols is 1. The van der Waals surface area contributed by atoms with Gasteiger partial charge in [-0.05, 0) is 30.2 Å². The van der Waals surface area contributed by atoms with E-state index in [0.29, 0.717) is 11.4 Å². The van der Waals surface area contributed by atoms with Gasteiger partial charge in [0.15, 0.2) is 0 Å². The number of rotatable bonds is 5. The molecule has 0 unspecified atom stereocenters. The Morgan fingerprint density at radius 3 is 2.75 bits per heavy atom. The molecule has 104 valence electrons. The van der Waals surface area contributed by atoms with Crippen LogP contribution in [0.2, 0.25) is 0 Å². The summed E-state index contributed by atoms with van der Waals surface area (Å²) in [6.45, 7) is 2.07. The molecule has 0 atom stereocenters. The first-order valence-electron chi connectivity index (χ1n) is 6.36. The van der Waals surface area contributed by atoms with Crippen LogP contribution in [0.15, 0.2) is 48.5 Å². The summed E-state index contributed by atoms with van der Waals surface area (Å²) < 4.78 is 0. The van der Waals surface area contributed by atoms with E-state index in [-0.39, 0.29) is 11.7 Å². The Labute approximate surface area is 123 Å². The number of nitrogens with one attached hydrogen (secondary N) is 1. The van der Waals surface area contributed by atoms with E-state index in [1.165, 1.54) is 17.2 Å². The first-order valence-corrected chi connectivity index (χ1v) is 7.52. The SMILES string of the molecule is Cc1ccccc1CSCC(=O)Nc1cccc(O)c1. The highest BCUT2D eigenvalue weighted by atomic mass is 32.2. The molecule has 0 saturated carbocycles. The molecular weight excluding hydrogens is 270 g/mol. The number of phenolic OH excluding ortho intramolecular Hbond substituents is 1. The van der Waals surface area contributed by atoms with E-state index in [1.54, 1.807) is 30.0 Å². The topological polar surface area (TPSA) is 49.3 Å². The van der Waals surface area contributed by atoms with Crippen molar-refractivity contribution in [2.45, 2.75) is 12.7 Å². The molecule has 1 amide bonds. The maximum atomic E-state index is 11.8. The maximum absolute atomic E-state index is 11.8. The van der Waals surface area contributed by atoms with E-state index in [2.05, 4.69) is 24.4 Å². The van der Waals surface area contributed by atoms with Gasteiger partial charge in [-0.25, -0.2) is 0 Å². The summed E-state index contributed by atoms with van der Waals surface area (Å²) in [4.78, 5) is 11.8. The standard InChI is InChI=1S/C16H17NO2S/c1-12-5-2-3-6-13(12)10-20-11-16(19)17-14-7-4-8-15(18)9-14/h2-9,18H,10-11H2,1H3,(H,17,19). The van der Waals surface area contributed by atoms with Crippen molar-refractivity contribution >= 4 is 23.4 Å². The predicted octanol–water partition coefficient (Wildman–Crippen LogP) is 3.57. The Morgan fingerprint density at radius 2 is 2.00 bits per heavy atom. The lowest BCUT2D eigenvalue weighted by molar-refractivity contribution is -0.113. The molecule has 0 saturated heterocycles. The van der Waals surface area contributed by atoms with E-state index < -0.39 is 0 Å². The van der Waals surface area contributed by atoms with E-state index in [4.69, 9.17) is 0 Å². The summed E-state index contributed by atoms with van der Waals surface area (Å²) in [6.07, 6.45) is 0. The summed E-state index contributed by atoms with van der Waals surface area (Å²) in [5.74, 6) is 1.30. The molecule has 2 aromatic carbocycles. The van der Waals surface area contributed by atoms with Gasteiger partial charge in [-0.15, -0.1) is 11.8 Å². The fraction of sp³-hybridized carbons (Fsp3) is 0.188. The quantitative estimate of drug-likeness (QED) is 0.884. The highest BCUT2D eigenvalue weighted by Gasteiger charge is 2.04. The van der Waals surface area contributed by atoms with Crippen molar-refractivity contribution in [2.24, 2.45) is 0 Å². The zero-order valence-corrected chi connectivity index (χ0v) is 12.1. The summed E-state index contributed by atoms with van der Waals surface area (Å²) in [5, 5.41) is 12.1. The molecular formula is C16H17NO2S. The molecule has 0 aliphatic rings. The van der Waals surface area contributed by atoms with Crippen LogP contribution in [0.5, 0.6) is 5.75 Å². The van der Waals surface area contributed by atoms with Crippen LogP contribution in [0.3, 0.4) is 0 Å². The van der Waals surface area contributed by atoms with Gasteiger partial charge in [-0.2, -0.15) is 0 Å². The number of hydrogen-bond donors (Lipinski definition) is 2. The number of aromatic hydroxyl groups is 1. The lowest BCUT2D eigenvalue weighted by Gasteiger charge is -2.07. The van der Waals surface area contributed by atoms with Crippen LogP contribution < -0.4 is 5.32 Å². The van der Waals surface area contributed by atoms with Crippen molar-refractivity contribution in [2.75, 3.05) is 11.1 Å². The van der Waals surface area contributed by atoms with Gasteiger partial charge in [0, 0.05) is 17.5 Å². The number of anilines is 1. The van der Waals surface area contributed by atoms with Crippen LogP contribution in [-0.4, -0.2) is 16.8 Å². The Bertz CT molecular complexity index is 599. The third-order valence-corrected chi connectivity index (χ3v) is 3.86. The van der Waals surface area contributed by atoms with Gasteiger partial charge in [0.2, 0.25) is 5.91 Å². The number of thioether (sulfide) groups is 1. The van der Waals surface area contributed by atoms with Crippen LogP contribution in [0.25, 0.3) is 0 Å². The summed E-state index contributed by atoms with van der Waals surface area (Å²) in [5.41, 5.74) is 3.11. The summed E-state index contributed by atoms with van der Waals surface area (Å²) >= 11 is 1.58. The minimum Gasteiger partial charge on any atom is -0.508 e. The molecule has 0 aromatic heterocycles. The number of benzene rings is 2. The first-order chi connectivity index (χ1) is 9.65. The average Bonchev–Trinajstić information content (AvgIpc) is 2.41. The third-order valence-electron chi connectivity index (χ3n) is 2.88. The van der Waals surface area contributed by atoms with Gasteiger partial charge >= 0.3 is 0 Å². The molecule has 2 rings (SSSR count). The molecule has 0 aliphatic carbocycles.